The third kappa shape index (κ3) is 11.6. The van der Waals surface area contributed by atoms with Crippen molar-refractivity contribution in [3.8, 4) is 0 Å². The first kappa shape index (κ1) is 30.5. The molecule has 1 rings (SSSR count). The van der Waals surface area contributed by atoms with Gasteiger partial charge in [-0.1, -0.05) is 6.42 Å². The molecule has 0 N–H and O–H groups in total. The fourth-order valence-corrected chi connectivity index (χ4v) is 10.8. The molecule has 7 nitrogen and oxygen atoms in total. The second kappa shape index (κ2) is 11.4. The average Bonchev–Trinajstić information content (AvgIpc) is 2.55. The van der Waals surface area contributed by atoms with Crippen LogP contribution in [0.1, 0.15) is 39.0 Å². The van der Waals surface area contributed by atoms with Crippen LogP contribution in [0.5, 0.6) is 0 Å². The Kier molecular flexibility index (Phi) is 10.6. The third-order valence-corrected chi connectivity index (χ3v) is 9.54. The van der Waals surface area contributed by atoms with E-state index in [1.165, 1.54) is 6.42 Å². The highest BCUT2D eigenvalue weighted by Gasteiger charge is 2.56. The number of carbonyl (C=O) groups excluding carboxylic acids is 2. The van der Waals surface area contributed by atoms with Gasteiger partial charge in [-0.2, -0.15) is 0 Å². The van der Waals surface area contributed by atoms with E-state index >= 15 is 0 Å². The summed E-state index contributed by atoms with van der Waals surface area (Å²) < 4.78 is 31.0. The first-order chi connectivity index (χ1) is 14.7. The maximum Gasteiger partial charge on any atom is 0.333 e. The van der Waals surface area contributed by atoms with Crippen molar-refractivity contribution in [3.05, 3.63) is 12.2 Å². The molecule has 1 atom stereocenters. The van der Waals surface area contributed by atoms with Crippen LogP contribution in [-0.4, -0.2) is 64.4 Å². The van der Waals surface area contributed by atoms with Crippen LogP contribution >= 0.6 is 0 Å². The third-order valence-electron chi connectivity index (χ3n) is 4.81. The molecule has 0 bridgehead atoms. The van der Waals surface area contributed by atoms with Crippen LogP contribution in [0.4, 0.5) is 0 Å². The summed E-state index contributed by atoms with van der Waals surface area (Å²) in [4.78, 5) is 25.1. The lowest BCUT2D eigenvalue weighted by atomic mass is 9.98. The second-order valence-corrected chi connectivity index (χ2v) is 26.6. The van der Waals surface area contributed by atoms with Gasteiger partial charge in [0.25, 0.3) is 0 Å². The minimum absolute atomic E-state index is 0.0709. The zero-order valence-electron chi connectivity index (χ0n) is 22.6. The van der Waals surface area contributed by atoms with Crippen LogP contribution < -0.4 is 0 Å². The first-order valence-corrected chi connectivity index (χ1v) is 23.2. The van der Waals surface area contributed by atoms with Gasteiger partial charge in [-0.3, -0.25) is 0 Å². The van der Waals surface area contributed by atoms with Crippen molar-refractivity contribution in [2.45, 2.75) is 115 Å². The topological polar surface area (TPSA) is 80.3 Å². The molecular weight excluding hydrogens is 489 g/mol. The normalized spacial score (nSPS) is 18.8. The van der Waals surface area contributed by atoms with Gasteiger partial charge < -0.3 is 22.8 Å². The predicted octanol–water partition coefficient (Wildman–Crippen LogP) is 4.25. The average molecular weight is 535 g/mol. The summed E-state index contributed by atoms with van der Waals surface area (Å²) in [5.74, 6) is -2.45. The Balaban J connectivity index is 3.13. The van der Waals surface area contributed by atoms with Gasteiger partial charge in [-0.25, -0.2) is 9.59 Å². The molecule has 1 aliphatic rings. The highest BCUT2D eigenvalue weighted by Crippen LogP contribution is 2.37. The molecule has 1 saturated carbocycles. The van der Waals surface area contributed by atoms with E-state index in [0.717, 1.165) is 37.8 Å². The van der Waals surface area contributed by atoms with E-state index in [4.69, 9.17) is 22.8 Å². The van der Waals surface area contributed by atoms with Crippen molar-refractivity contribution in [2.24, 2.45) is 0 Å². The van der Waals surface area contributed by atoms with Crippen molar-refractivity contribution in [1.29, 1.82) is 0 Å². The largest absolute Gasteiger partial charge is 0.459 e. The Morgan fingerprint density at radius 3 is 1.61 bits per heavy atom. The predicted molar refractivity (Wildman–Crippen MR) is 143 cm³/mol. The summed E-state index contributed by atoms with van der Waals surface area (Å²) in [5.41, 5.74) is -1.37. The quantitative estimate of drug-likeness (QED) is 0.170. The SMILES string of the molecule is CC(O[Si](C)(C)C)(O[Si](C)(C)C)C([SiH3])(OC(=O)C=CC(=O)OC1CCCCC1)O[Si](C)(C)C. The van der Waals surface area contributed by atoms with Crippen molar-refractivity contribution < 1.29 is 32.3 Å². The molecule has 0 amide bonds. The highest BCUT2D eigenvalue weighted by atomic mass is 28.4. The van der Waals surface area contributed by atoms with Gasteiger partial charge in [0.15, 0.2) is 25.0 Å². The molecule has 0 heterocycles. The number of rotatable bonds is 11. The molecule has 0 aliphatic heterocycles. The van der Waals surface area contributed by atoms with E-state index in [2.05, 4.69) is 39.3 Å². The number of esters is 2. The van der Waals surface area contributed by atoms with E-state index in [1.54, 1.807) is 0 Å². The molecule has 1 unspecified atom stereocenters. The zero-order chi connectivity index (χ0) is 25.7. The van der Waals surface area contributed by atoms with Gasteiger partial charge in [-0.05, 0) is 91.5 Å². The molecule has 0 aromatic heterocycles. The summed E-state index contributed by atoms with van der Waals surface area (Å²) in [6.07, 6.45) is 7.24. The van der Waals surface area contributed by atoms with Crippen molar-refractivity contribution in [1.82, 2.24) is 0 Å². The molecular formula is C22H46O7Si4. The van der Waals surface area contributed by atoms with Crippen LogP contribution in [0.3, 0.4) is 0 Å². The van der Waals surface area contributed by atoms with Crippen molar-refractivity contribution >= 4 is 47.1 Å². The Bertz CT molecular complexity index is 685. The van der Waals surface area contributed by atoms with Crippen LogP contribution in [-0.2, 0) is 32.3 Å². The lowest BCUT2D eigenvalue weighted by molar-refractivity contribution is -0.283. The second-order valence-electron chi connectivity index (χ2n) is 12.0. The van der Waals surface area contributed by atoms with E-state index in [-0.39, 0.29) is 6.10 Å². The van der Waals surface area contributed by atoms with Crippen LogP contribution in [0.15, 0.2) is 12.2 Å². The molecule has 0 radical (unpaired) electrons. The summed E-state index contributed by atoms with van der Waals surface area (Å²) in [6, 6.07) is 0. The molecule has 1 aliphatic carbocycles. The van der Waals surface area contributed by atoms with E-state index in [9.17, 15) is 9.59 Å². The molecule has 0 aromatic carbocycles. The summed E-state index contributed by atoms with van der Waals surface area (Å²) in [6.45, 7) is 20.3. The summed E-state index contributed by atoms with van der Waals surface area (Å²) in [5, 5.41) is 0. The monoisotopic (exact) mass is 534 g/mol. The van der Waals surface area contributed by atoms with Gasteiger partial charge in [0.2, 0.25) is 11.2 Å². The fraction of sp³-hybridized carbons (Fsp3) is 0.818. The van der Waals surface area contributed by atoms with E-state index in [1.807, 2.05) is 26.6 Å². The van der Waals surface area contributed by atoms with Gasteiger partial charge in [-0.15, -0.1) is 0 Å². The maximum atomic E-state index is 12.9. The fourth-order valence-electron chi connectivity index (χ4n) is 3.91. The maximum absolute atomic E-state index is 12.9. The molecule has 0 spiro atoms. The van der Waals surface area contributed by atoms with E-state index < -0.39 is 48.1 Å². The van der Waals surface area contributed by atoms with Gasteiger partial charge in [0.05, 0.1) is 10.2 Å². The zero-order valence-corrected chi connectivity index (χ0v) is 27.6. The molecule has 33 heavy (non-hydrogen) atoms. The van der Waals surface area contributed by atoms with Crippen molar-refractivity contribution in [3.63, 3.8) is 0 Å². The van der Waals surface area contributed by atoms with Crippen LogP contribution in [0, 0.1) is 0 Å². The molecule has 0 aromatic rings. The molecule has 11 heteroatoms. The Hall–Kier alpha value is -0.572. The lowest BCUT2D eigenvalue weighted by Gasteiger charge is -2.51. The smallest absolute Gasteiger partial charge is 0.333 e. The number of carbonyl (C=O) groups is 2. The van der Waals surface area contributed by atoms with Gasteiger partial charge in [0, 0.05) is 12.2 Å². The van der Waals surface area contributed by atoms with Crippen LogP contribution in [0.2, 0.25) is 58.9 Å². The lowest BCUT2D eigenvalue weighted by Crippen LogP contribution is -2.67. The Morgan fingerprint density at radius 1 is 0.758 bits per heavy atom. The standard InChI is InChI=1S/C22H46O7Si4/c1-21(27-31(2,3)4,28-32(5,6)7)22(30,29-33(8,9)10)26-20(24)17-16-19(23)25-18-14-12-11-13-15-18/h16-18H,11-15H2,1-10,30H3. The first-order valence-electron chi connectivity index (χ1n) is 12.0. The van der Waals surface area contributed by atoms with Crippen LogP contribution in [0.25, 0.3) is 0 Å². The Morgan fingerprint density at radius 2 is 1.18 bits per heavy atom. The summed E-state index contributed by atoms with van der Waals surface area (Å²) >= 11 is 0. The Labute approximate surface area is 206 Å². The number of hydrogen-bond donors (Lipinski definition) is 0. The van der Waals surface area contributed by atoms with Gasteiger partial charge in [0.1, 0.15) is 6.10 Å². The molecule has 1 fully saturated rings. The van der Waals surface area contributed by atoms with E-state index in [0.29, 0.717) is 10.2 Å². The minimum Gasteiger partial charge on any atom is -0.459 e. The number of ether oxygens (including phenoxy) is 2. The molecule has 192 valence electrons. The number of hydrogen-bond acceptors (Lipinski definition) is 7. The van der Waals surface area contributed by atoms with Gasteiger partial charge >= 0.3 is 11.9 Å². The minimum atomic E-state index is -2.18. The summed E-state index contributed by atoms with van der Waals surface area (Å²) in [7, 11) is -6.10. The highest BCUT2D eigenvalue weighted by molar-refractivity contribution is 6.71. The van der Waals surface area contributed by atoms with Crippen molar-refractivity contribution in [2.75, 3.05) is 0 Å². The molecule has 0 saturated heterocycles.